The number of benzene rings is 7. The second-order valence-electron chi connectivity index (χ2n) is 11.1. The lowest BCUT2D eigenvalue weighted by atomic mass is 9.84. The van der Waals surface area contributed by atoms with E-state index < -0.39 is 0 Å². The maximum Gasteiger partial charge on any atom is 0.0780 e. The fraction of sp³-hybridized carbons (Fsp3) is 0. The summed E-state index contributed by atoms with van der Waals surface area (Å²) in [5, 5.41) is 4.96. The highest BCUT2D eigenvalue weighted by Crippen LogP contribution is 2.45. The molecular formula is C43H29N. The van der Waals surface area contributed by atoms with Crippen molar-refractivity contribution in [2.75, 3.05) is 0 Å². The Labute approximate surface area is 257 Å². The molecule has 1 nitrogen and oxygen atoms in total. The number of pyridine rings is 1. The van der Waals surface area contributed by atoms with E-state index in [0.29, 0.717) is 0 Å². The molecule has 0 radical (unpaired) electrons. The molecule has 0 aliphatic heterocycles. The number of nitrogens with zero attached hydrogens (tertiary/aromatic N) is 1. The smallest absolute Gasteiger partial charge is 0.0780 e. The van der Waals surface area contributed by atoms with E-state index >= 15 is 0 Å². The molecule has 0 unspecified atom stereocenters. The predicted molar refractivity (Wildman–Crippen MR) is 186 cm³/mol. The normalized spacial score (nSPS) is 11.2. The second-order valence-corrected chi connectivity index (χ2v) is 11.1. The average Bonchev–Trinajstić information content (AvgIpc) is 3.11. The van der Waals surface area contributed by atoms with Gasteiger partial charge in [-0.05, 0) is 67.1 Å². The first-order chi connectivity index (χ1) is 21.8. The van der Waals surface area contributed by atoms with Crippen LogP contribution in [0, 0.1) is 0 Å². The monoisotopic (exact) mass is 559 g/mol. The Hall–Kier alpha value is -5.79. The van der Waals surface area contributed by atoms with E-state index in [0.717, 1.165) is 33.5 Å². The molecule has 0 N–H and O–H groups in total. The third-order valence-electron chi connectivity index (χ3n) is 8.50. The zero-order chi connectivity index (χ0) is 29.3. The van der Waals surface area contributed by atoms with Crippen molar-refractivity contribution in [3.8, 4) is 55.8 Å². The van der Waals surface area contributed by atoms with Crippen LogP contribution >= 0.6 is 0 Å². The third-order valence-corrected chi connectivity index (χ3v) is 8.50. The van der Waals surface area contributed by atoms with Crippen LogP contribution < -0.4 is 0 Å². The molecule has 0 saturated carbocycles. The lowest BCUT2D eigenvalue weighted by Gasteiger charge is -2.19. The molecule has 8 rings (SSSR count). The van der Waals surface area contributed by atoms with Crippen LogP contribution in [0.25, 0.3) is 77.3 Å². The van der Waals surface area contributed by atoms with Crippen LogP contribution in [-0.2, 0) is 0 Å². The lowest BCUT2D eigenvalue weighted by molar-refractivity contribution is 1.33. The van der Waals surface area contributed by atoms with Crippen LogP contribution in [-0.4, -0.2) is 4.98 Å². The fourth-order valence-corrected chi connectivity index (χ4v) is 6.48. The highest BCUT2D eigenvalue weighted by atomic mass is 14.7. The summed E-state index contributed by atoms with van der Waals surface area (Å²) in [6.07, 6.45) is 2.01. The Morgan fingerprint density at radius 2 is 0.750 bits per heavy atom. The van der Waals surface area contributed by atoms with E-state index in [-0.39, 0.29) is 0 Å². The summed E-state index contributed by atoms with van der Waals surface area (Å²) in [5.74, 6) is 0. The van der Waals surface area contributed by atoms with Gasteiger partial charge in [0.25, 0.3) is 0 Å². The maximum atomic E-state index is 5.15. The Morgan fingerprint density at radius 3 is 1.32 bits per heavy atom. The minimum atomic E-state index is 0.978. The van der Waals surface area contributed by atoms with Gasteiger partial charge in [0.1, 0.15) is 0 Å². The van der Waals surface area contributed by atoms with Crippen molar-refractivity contribution in [2.45, 2.75) is 0 Å². The predicted octanol–water partition coefficient (Wildman–Crippen LogP) is 11.7. The summed E-state index contributed by atoms with van der Waals surface area (Å²) >= 11 is 0. The first-order valence-corrected chi connectivity index (χ1v) is 15.1. The zero-order valence-corrected chi connectivity index (χ0v) is 24.2. The molecule has 7 aromatic carbocycles. The number of aromatic nitrogens is 1. The van der Waals surface area contributed by atoms with Gasteiger partial charge >= 0.3 is 0 Å². The molecule has 1 aromatic heterocycles. The maximum absolute atomic E-state index is 5.15. The van der Waals surface area contributed by atoms with Crippen molar-refractivity contribution in [1.82, 2.24) is 4.98 Å². The van der Waals surface area contributed by atoms with Crippen LogP contribution in [0.3, 0.4) is 0 Å². The van der Waals surface area contributed by atoms with Gasteiger partial charge < -0.3 is 0 Å². The molecule has 0 fully saturated rings. The average molecular weight is 560 g/mol. The van der Waals surface area contributed by atoms with Crippen LogP contribution in [0.5, 0.6) is 0 Å². The van der Waals surface area contributed by atoms with E-state index in [1.54, 1.807) is 0 Å². The number of hydrogen-bond donors (Lipinski definition) is 0. The van der Waals surface area contributed by atoms with Crippen LogP contribution in [0.4, 0.5) is 0 Å². The van der Waals surface area contributed by atoms with Gasteiger partial charge in [0.2, 0.25) is 0 Å². The molecule has 0 aliphatic carbocycles. The molecule has 0 atom stereocenters. The number of rotatable bonds is 5. The van der Waals surface area contributed by atoms with Crippen LogP contribution in [0.15, 0.2) is 176 Å². The Bertz CT molecular complexity index is 2240. The topological polar surface area (TPSA) is 12.9 Å². The molecular weight excluding hydrogens is 530 g/mol. The van der Waals surface area contributed by atoms with Crippen molar-refractivity contribution in [3.63, 3.8) is 0 Å². The Balaban J connectivity index is 1.45. The van der Waals surface area contributed by atoms with Gasteiger partial charge in [0, 0.05) is 22.9 Å². The van der Waals surface area contributed by atoms with E-state index in [9.17, 15) is 0 Å². The molecule has 44 heavy (non-hydrogen) atoms. The second kappa shape index (κ2) is 11.1. The molecule has 206 valence electrons. The highest BCUT2D eigenvalue weighted by Gasteiger charge is 2.19. The van der Waals surface area contributed by atoms with E-state index in [1.165, 1.54) is 43.8 Å². The molecule has 0 amide bonds. The highest BCUT2D eigenvalue weighted by molar-refractivity contribution is 6.22. The molecule has 0 bridgehead atoms. The zero-order valence-electron chi connectivity index (χ0n) is 24.2. The van der Waals surface area contributed by atoms with E-state index in [1.807, 2.05) is 6.20 Å². The largest absolute Gasteiger partial charge is 0.255 e. The van der Waals surface area contributed by atoms with Crippen molar-refractivity contribution >= 4 is 21.5 Å². The first-order valence-electron chi connectivity index (χ1n) is 15.1. The van der Waals surface area contributed by atoms with Gasteiger partial charge in [-0.3, -0.25) is 4.98 Å². The van der Waals surface area contributed by atoms with Crippen molar-refractivity contribution < 1.29 is 0 Å². The molecule has 1 heteroatoms. The van der Waals surface area contributed by atoms with Crippen molar-refractivity contribution in [2.24, 2.45) is 0 Å². The Kier molecular flexibility index (Phi) is 6.55. The summed E-state index contributed by atoms with van der Waals surface area (Å²) < 4.78 is 0. The minimum Gasteiger partial charge on any atom is -0.255 e. The van der Waals surface area contributed by atoms with Crippen molar-refractivity contribution in [1.29, 1.82) is 0 Å². The molecule has 0 spiro atoms. The lowest BCUT2D eigenvalue weighted by Crippen LogP contribution is -1.94. The summed E-state index contributed by atoms with van der Waals surface area (Å²) in [6.45, 7) is 0. The number of hydrogen-bond acceptors (Lipinski definition) is 1. The minimum absolute atomic E-state index is 0.978. The van der Waals surface area contributed by atoms with Gasteiger partial charge in [0.05, 0.1) is 5.69 Å². The van der Waals surface area contributed by atoms with Crippen LogP contribution in [0.2, 0.25) is 0 Å². The number of fused-ring (bicyclic) bond motifs is 2. The van der Waals surface area contributed by atoms with Gasteiger partial charge in [-0.1, -0.05) is 158 Å². The molecule has 1 heterocycles. The SMILES string of the molecule is c1ccc(-c2cnc(-c3ccc4c(-c5ccccc5)c5ccccc5c(-c5ccccc5)c4c3)c(-c3ccccc3)c2)cc1. The molecule has 0 aliphatic rings. The fourth-order valence-electron chi connectivity index (χ4n) is 6.48. The van der Waals surface area contributed by atoms with Gasteiger partial charge in [-0.15, -0.1) is 0 Å². The summed E-state index contributed by atoms with van der Waals surface area (Å²) in [7, 11) is 0. The Morgan fingerprint density at radius 1 is 0.295 bits per heavy atom. The molecule has 8 aromatic rings. The van der Waals surface area contributed by atoms with Gasteiger partial charge in [0.15, 0.2) is 0 Å². The van der Waals surface area contributed by atoms with Crippen molar-refractivity contribution in [3.05, 3.63) is 176 Å². The quantitative estimate of drug-likeness (QED) is 0.191. The third kappa shape index (κ3) is 4.56. The van der Waals surface area contributed by atoms with Gasteiger partial charge in [-0.25, -0.2) is 0 Å². The van der Waals surface area contributed by atoms with E-state index in [4.69, 9.17) is 4.98 Å². The first kappa shape index (κ1) is 25.9. The van der Waals surface area contributed by atoms with E-state index in [2.05, 4.69) is 170 Å². The van der Waals surface area contributed by atoms with Crippen LogP contribution in [0.1, 0.15) is 0 Å². The molecule has 0 saturated heterocycles. The standard InChI is InChI=1S/C43H29N/c1-5-15-30(16-6-1)35-28-39(31-17-7-2-8-18-31)43(44-29-35)34-25-26-38-40(27-34)42(33-21-11-4-12-22-33)37-24-14-13-23-36(37)41(38)32-19-9-3-10-20-32/h1-29H. The van der Waals surface area contributed by atoms with Gasteiger partial charge in [-0.2, -0.15) is 0 Å². The summed E-state index contributed by atoms with van der Waals surface area (Å²) in [4.78, 5) is 5.15. The summed E-state index contributed by atoms with van der Waals surface area (Å²) in [6, 6.07) is 60.6. The summed E-state index contributed by atoms with van der Waals surface area (Å²) in [5.41, 5.74) is 11.6.